The second-order valence-corrected chi connectivity index (χ2v) is 6.14. The largest absolute Gasteiger partial charge is 0.457 e. The molecular formula is C22H18ClNO4. The van der Waals surface area contributed by atoms with E-state index in [1.165, 1.54) is 0 Å². The van der Waals surface area contributed by atoms with E-state index in [-0.39, 0.29) is 12.1 Å². The van der Waals surface area contributed by atoms with Crippen LogP contribution in [-0.2, 0) is 20.8 Å². The summed E-state index contributed by atoms with van der Waals surface area (Å²) in [4.78, 5) is 28.3. The molecule has 3 aromatic carbocycles. The van der Waals surface area contributed by atoms with E-state index in [1.807, 2.05) is 66.7 Å². The molecule has 3 rings (SSSR count). The Labute approximate surface area is 167 Å². The van der Waals surface area contributed by atoms with Crippen molar-refractivity contribution >= 4 is 29.3 Å². The van der Waals surface area contributed by atoms with Gasteiger partial charge in [-0.2, -0.15) is 9.59 Å². The summed E-state index contributed by atoms with van der Waals surface area (Å²) < 4.78 is 5.82. The van der Waals surface area contributed by atoms with Crippen LogP contribution in [0.15, 0.2) is 78.9 Å². The molecule has 0 saturated carbocycles. The summed E-state index contributed by atoms with van der Waals surface area (Å²) in [6.07, 6.45) is 1.28. The number of hydrogen-bond donors (Lipinski definition) is 1. The third-order valence-corrected chi connectivity index (χ3v) is 3.86. The quantitative estimate of drug-likeness (QED) is 0.628. The van der Waals surface area contributed by atoms with E-state index in [9.17, 15) is 4.79 Å². The summed E-state index contributed by atoms with van der Waals surface area (Å²) >= 11 is 5.92. The number of nitrogens with one attached hydrogen (secondary N) is 1. The number of ether oxygens (including phenoxy) is 1. The van der Waals surface area contributed by atoms with Gasteiger partial charge in [-0.15, -0.1) is 0 Å². The first-order valence-corrected chi connectivity index (χ1v) is 8.85. The van der Waals surface area contributed by atoms with Crippen LogP contribution in [0.5, 0.6) is 11.5 Å². The number of halogens is 1. The molecule has 0 aliphatic carbocycles. The van der Waals surface area contributed by atoms with Crippen molar-refractivity contribution in [2.24, 2.45) is 0 Å². The maximum Gasteiger partial charge on any atom is 0.373 e. The van der Waals surface area contributed by atoms with Gasteiger partial charge in [0.05, 0.1) is 0 Å². The maximum absolute atomic E-state index is 12.1. The molecule has 0 aromatic heterocycles. The van der Waals surface area contributed by atoms with Crippen molar-refractivity contribution in [3.05, 3.63) is 89.4 Å². The molecule has 6 heteroatoms. The van der Waals surface area contributed by atoms with Crippen LogP contribution in [0.1, 0.15) is 12.0 Å². The minimum absolute atomic E-state index is 0.0448. The van der Waals surface area contributed by atoms with Crippen molar-refractivity contribution in [1.82, 2.24) is 0 Å². The number of carbonyl (C=O) groups excluding carboxylic acids is 3. The highest BCUT2D eigenvalue weighted by Gasteiger charge is 2.05. The molecule has 28 heavy (non-hydrogen) atoms. The van der Waals surface area contributed by atoms with E-state index < -0.39 is 0 Å². The summed E-state index contributed by atoms with van der Waals surface area (Å²) in [6, 6.07) is 24.5. The number of para-hydroxylation sites is 1. The Morgan fingerprint density at radius 3 is 2.29 bits per heavy atom. The normalized spacial score (nSPS) is 9.46. The molecule has 0 aliphatic heterocycles. The molecule has 1 amide bonds. The first-order valence-electron chi connectivity index (χ1n) is 8.47. The topological polar surface area (TPSA) is 72.5 Å². The van der Waals surface area contributed by atoms with Gasteiger partial charge in [-0.3, -0.25) is 4.79 Å². The van der Waals surface area contributed by atoms with Crippen LogP contribution >= 0.6 is 11.6 Å². The lowest BCUT2D eigenvalue weighted by molar-refractivity contribution is -0.191. The Balaban J connectivity index is 0.000000878. The molecule has 142 valence electrons. The van der Waals surface area contributed by atoms with E-state index in [1.54, 1.807) is 12.1 Å². The third kappa shape index (κ3) is 7.46. The molecule has 0 radical (unpaired) electrons. The number of hydrogen-bond acceptors (Lipinski definition) is 4. The van der Waals surface area contributed by atoms with Gasteiger partial charge in [-0.1, -0.05) is 48.0 Å². The second-order valence-electron chi connectivity index (χ2n) is 5.70. The monoisotopic (exact) mass is 395 g/mol. The number of aryl methyl sites for hydroxylation is 1. The zero-order valence-corrected chi connectivity index (χ0v) is 15.7. The molecule has 1 N–H and O–H groups in total. The molecule has 0 saturated heterocycles. The second kappa shape index (κ2) is 11.3. The SMILES string of the molecule is O=C(CCc1cccc(Oc2ccccc2)c1)Nc1cccc(Cl)c1.O=C=O. The molecule has 3 aromatic rings. The summed E-state index contributed by atoms with van der Waals surface area (Å²) in [7, 11) is 0. The smallest absolute Gasteiger partial charge is 0.373 e. The van der Waals surface area contributed by atoms with Crippen LogP contribution in [0.4, 0.5) is 5.69 Å². The van der Waals surface area contributed by atoms with Crippen molar-refractivity contribution in [2.45, 2.75) is 12.8 Å². The highest BCUT2D eigenvalue weighted by Crippen LogP contribution is 2.22. The maximum atomic E-state index is 12.1. The lowest BCUT2D eigenvalue weighted by Crippen LogP contribution is -2.12. The Kier molecular flexibility index (Phi) is 8.47. The molecule has 0 spiro atoms. The van der Waals surface area contributed by atoms with E-state index in [0.717, 1.165) is 17.1 Å². The van der Waals surface area contributed by atoms with Gasteiger partial charge in [0.25, 0.3) is 0 Å². The Morgan fingerprint density at radius 1 is 0.893 bits per heavy atom. The molecule has 5 nitrogen and oxygen atoms in total. The molecular weight excluding hydrogens is 378 g/mol. The van der Waals surface area contributed by atoms with E-state index >= 15 is 0 Å². The molecule has 0 atom stereocenters. The predicted octanol–water partition coefficient (Wildman–Crippen LogP) is 5.12. The van der Waals surface area contributed by atoms with Crippen LogP contribution in [0.2, 0.25) is 5.02 Å². The van der Waals surface area contributed by atoms with Crippen molar-refractivity contribution in [1.29, 1.82) is 0 Å². The molecule has 0 heterocycles. The van der Waals surface area contributed by atoms with Crippen LogP contribution < -0.4 is 10.1 Å². The van der Waals surface area contributed by atoms with Gasteiger partial charge >= 0.3 is 6.15 Å². The average molecular weight is 396 g/mol. The Morgan fingerprint density at radius 2 is 1.57 bits per heavy atom. The van der Waals surface area contributed by atoms with Crippen LogP contribution in [-0.4, -0.2) is 12.1 Å². The van der Waals surface area contributed by atoms with Crippen molar-refractivity contribution < 1.29 is 19.1 Å². The Hall–Kier alpha value is -3.40. The van der Waals surface area contributed by atoms with Gasteiger partial charge in [0.1, 0.15) is 11.5 Å². The number of rotatable bonds is 6. The zero-order valence-electron chi connectivity index (χ0n) is 14.9. The van der Waals surface area contributed by atoms with Gasteiger partial charge < -0.3 is 10.1 Å². The summed E-state index contributed by atoms with van der Waals surface area (Å²) in [5.74, 6) is 1.51. The van der Waals surface area contributed by atoms with Crippen LogP contribution in [0, 0.1) is 0 Å². The highest BCUT2D eigenvalue weighted by molar-refractivity contribution is 6.30. The Bertz CT molecular complexity index is 938. The van der Waals surface area contributed by atoms with Gasteiger partial charge in [-0.25, -0.2) is 0 Å². The first kappa shape index (κ1) is 20.9. The van der Waals surface area contributed by atoms with Crippen LogP contribution in [0.25, 0.3) is 0 Å². The molecule has 0 aliphatic rings. The van der Waals surface area contributed by atoms with E-state index in [0.29, 0.717) is 23.6 Å². The van der Waals surface area contributed by atoms with Gasteiger partial charge in [0.15, 0.2) is 0 Å². The first-order chi connectivity index (χ1) is 13.6. The fourth-order valence-corrected chi connectivity index (χ4v) is 2.63. The lowest BCUT2D eigenvalue weighted by Gasteiger charge is -2.08. The average Bonchev–Trinajstić information content (AvgIpc) is 2.68. The van der Waals surface area contributed by atoms with Gasteiger partial charge in [0.2, 0.25) is 5.91 Å². The van der Waals surface area contributed by atoms with Crippen LogP contribution in [0.3, 0.4) is 0 Å². The van der Waals surface area contributed by atoms with E-state index in [2.05, 4.69) is 5.32 Å². The highest BCUT2D eigenvalue weighted by atomic mass is 35.5. The minimum Gasteiger partial charge on any atom is -0.457 e. The van der Waals surface area contributed by atoms with Crippen molar-refractivity contribution in [3.8, 4) is 11.5 Å². The molecule has 0 fully saturated rings. The lowest BCUT2D eigenvalue weighted by atomic mass is 10.1. The summed E-state index contributed by atoms with van der Waals surface area (Å²) in [5, 5.41) is 3.45. The number of carbonyl (C=O) groups is 1. The number of amides is 1. The summed E-state index contributed by atoms with van der Waals surface area (Å²) in [6.45, 7) is 0. The molecule has 0 bridgehead atoms. The predicted molar refractivity (Wildman–Crippen MR) is 106 cm³/mol. The number of benzene rings is 3. The van der Waals surface area contributed by atoms with Gasteiger partial charge in [0, 0.05) is 17.1 Å². The zero-order chi connectivity index (χ0) is 20.2. The van der Waals surface area contributed by atoms with Crippen molar-refractivity contribution in [2.75, 3.05) is 5.32 Å². The fourth-order valence-electron chi connectivity index (χ4n) is 2.44. The van der Waals surface area contributed by atoms with Crippen molar-refractivity contribution in [3.63, 3.8) is 0 Å². The minimum atomic E-state index is -0.0448. The van der Waals surface area contributed by atoms with Gasteiger partial charge in [-0.05, 0) is 54.4 Å². The summed E-state index contributed by atoms with van der Waals surface area (Å²) in [5.41, 5.74) is 1.76. The fraction of sp³-hybridized carbons (Fsp3) is 0.0909. The van der Waals surface area contributed by atoms with E-state index in [4.69, 9.17) is 25.9 Å². The standard InChI is InChI=1S/C21H18ClNO2.CO2/c22-17-7-5-8-18(15-17)23-21(24)13-12-16-6-4-11-20(14-16)25-19-9-2-1-3-10-19;2-1-3/h1-11,14-15H,12-13H2,(H,23,24);. The third-order valence-electron chi connectivity index (χ3n) is 3.63. The molecule has 0 unspecified atom stereocenters. The number of anilines is 1.